The number of aliphatic hydroxyl groups excluding tert-OH is 3. The van der Waals surface area contributed by atoms with Crippen molar-refractivity contribution in [2.75, 3.05) is 31.6 Å². The largest absolute Gasteiger partial charge is 0.395 e. The van der Waals surface area contributed by atoms with Crippen LogP contribution in [0.25, 0.3) is 5.69 Å². The number of piperidine rings is 1. The first kappa shape index (κ1) is 23.9. The molecule has 1 saturated heterocycles. The topological polar surface area (TPSA) is 166 Å². The SMILES string of the molecule is O=Nc1cc(-n2cncn2)ccc1NCCCCCCN1C[C@H](O)C(N=O)[C@H](O)[C@H]1CO. The number of nitrogens with one attached hydrogen (secondary N) is 1. The summed E-state index contributed by atoms with van der Waals surface area (Å²) in [5.41, 5.74) is 1.66. The van der Waals surface area contributed by atoms with Crippen molar-refractivity contribution < 1.29 is 15.3 Å². The molecule has 1 aromatic heterocycles. The number of hydrogen-bond acceptors (Lipinski definition) is 11. The van der Waals surface area contributed by atoms with E-state index in [4.69, 9.17) is 0 Å². The van der Waals surface area contributed by atoms with Crippen LogP contribution in [-0.2, 0) is 0 Å². The maximum atomic E-state index is 11.2. The molecule has 0 saturated carbocycles. The molecule has 0 aliphatic carbocycles. The summed E-state index contributed by atoms with van der Waals surface area (Å²) in [6.07, 6.45) is 4.31. The van der Waals surface area contributed by atoms with Crippen LogP contribution in [0.2, 0.25) is 0 Å². The van der Waals surface area contributed by atoms with E-state index in [0.717, 1.165) is 25.7 Å². The number of likely N-dealkylation sites (tertiary alicyclic amines) is 1. The second-order valence-corrected chi connectivity index (χ2v) is 7.87. The van der Waals surface area contributed by atoms with Gasteiger partial charge in [0.1, 0.15) is 30.5 Å². The molecule has 3 rings (SSSR count). The highest BCUT2D eigenvalue weighted by molar-refractivity contribution is 5.68. The Balaban J connectivity index is 1.38. The molecule has 174 valence electrons. The van der Waals surface area contributed by atoms with Crippen LogP contribution in [-0.4, -0.2) is 85.5 Å². The number of nitroso groups, excluding NO2 is 2. The van der Waals surface area contributed by atoms with Crippen LogP contribution in [0, 0.1) is 9.81 Å². The maximum Gasteiger partial charge on any atom is 0.146 e. The highest BCUT2D eigenvalue weighted by Crippen LogP contribution is 2.27. The first-order chi connectivity index (χ1) is 15.6. The fraction of sp³-hybridized carbons (Fsp3) is 0.600. The van der Waals surface area contributed by atoms with Crippen LogP contribution < -0.4 is 5.32 Å². The standard InChI is InChI=1S/C20H29N7O5/c28-11-17-20(30)19(25-32)18(29)10-26(17)8-4-2-1-3-7-22-15-6-5-14(9-16(15)24-31)27-13-21-12-23-27/h5-6,9,12-13,17-20,22,28-30H,1-4,7-8,10-11H2/t17-,18+,19?,20-/m1/s1. The Labute approximate surface area is 185 Å². The van der Waals surface area contributed by atoms with Crippen LogP contribution in [0.5, 0.6) is 0 Å². The second-order valence-electron chi connectivity index (χ2n) is 7.87. The molecule has 12 heteroatoms. The molecular weight excluding hydrogens is 418 g/mol. The van der Waals surface area contributed by atoms with E-state index in [1.54, 1.807) is 23.1 Å². The highest BCUT2D eigenvalue weighted by atomic mass is 16.3. The van der Waals surface area contributed by atoms with Gasteiger partial charge in [0, 0.05) is 13.1 Å². The number of aromatic nitrogens is 3. The van der Waals surface area contributed by atoms with Gasteiger partial charge in [0.15, 0.2) is 0 Å². The summed E-state index contributed by atoms with van der Waals surface area (Å²) in [6, 6.07) is 3.56. The maximum absolute atomic E-state index is 11.2. The molecule has 12 nitrogen and oxygen atoms in total. The first-order valence-electron chi connectivity index (χ1n) is 10.7. The van der Waals surface area contributed by atoms with E-state index in [2.05, 4.69) is 25.8 Å². The molecule has 2 aromatic rings. The van der Waals surface area contributed by atoms with Gasteiger partial charge in [-0.2, -0.15) is 10.0 Å². The summed E-state index contributed by atoms with van der Waals surface area (Å²) < 4.78 is 1.55. The molecule has 4 N–H and O–H groups in total. The summed E-state index contributed by atoms with van der Waals surface area (Å²) in [6.45, 7) is 1.18. The van der Waals surface area contributed by atoms with Gasteiger partial charge in [-0.25, -0.2) is 9.67 Å². The average molecular weight is 447 g/mol. The molecule has 0 bridgehead atoms. The third kappa shape index (κ3) is 5.71. The number of hydrogen-bond donors (Lipinski definition) is 4. The lowest BCUT2D eigenvalue weighted by atomic mass is 9.92. The Morgan fingerprint density at radius 1 is 1.16 bits per heavy atom. The molecule has 1 aromatic carbocycles. The summed E-state index contributed by atoms with van der Waals surface area (Å²) >= 11 is 0. The van der Waals surface area contributed by atoms with Crippen molar-refractivity contribution in [2.24, 2.45) is 10.4 Å². The van der Waals surface area contributed by atoms with Crippen molar-refractivity contribution in [1.29, 1.82) is 0 Å². The Hall–Kier alpha value is -2.80. The van der Waals surface area contributed by atoms with Gasteiger partial charge in [-0.1, -0.05) is 18.0 Å². The highest BCUT2D eigenvalue weighted by Gasteiger charge is 2.42. The molecule has 2 heterocycles. The Kier molecular flexibility index (Phi) is 8.73. The Morgan fingerprint density at radius 2 is 1.97 bits per heavy atom. The molecule has 1 aliphatic rings. The van der Waals surface area contributed by atoms with Crippen LogP contribution in [0.15, 0.2) is 41.2 Å². The zero-order chi connectivity index (χ0) is 22.9. The summed E-state index contributed by atoms with van der Waals surface area (Å²) in [5.74, 6) is 0. The molecular formula is C20H29N7O5. The van der Waals surface area contributed by atoms with Gasteiger partial charge < -0.3 is 20.6 Å². The Morgan fingerprint density at radius 3 is 2.66 bits per heavy atom. The lowest BCUT2D eigenvalue weighted by Crippen LogP contribution is -2.61. The predicted octanol–water partition coefficient (Wildman–Crippen LogP) is 1.17. The Bertz CT molecular complexity index is 866. The minimum atomic E-state index is -1.18. The number of anilines is 1. The third-order valence-corrected chi connectivity index (χ3v) is 5.79. The van der Waals surface area contributed by atoms with E-state index in [-0.39, 0.29) is 13.2 Å². The van der Waals surface area contributed by atoms with Gasteiger partial charge in [0.25, 0.3) is 0 Å². The molecule has 1 aliphatic heterocycles. The van der Waals surface area contributed by atoms with E-state index in [1.807, 2.05) is 11.0 Å². The van der Waals surface area contributed by atoms with Crippen molar-refractivity contribution in [3.63, 3.8) is 0 Å². The lowest BCUT2D eigenvalue weighted by molar-refractivity contribution is -0.0794. The van der Waals surface area contributed by atoms with Crippen LogP contribution in [0.1, 0.15) is 25.7 Å². The molecule has 0 radical (unpaired) electrons. The average Bonchev–Trinajstić information content (AvgIpc) is 3.33. The summed E-state index contributed by atoms with van der Waals surface area (Å²) in [4.78, 5) is 27.7. The van der Waals surface area contributed by atoms with Crippen LogP contribution in [0.3, 0.4) is 0 Å². The zero-order valence-corrected chi connectivity index (χ0v) is 17.7. The number of benzene rings is 1. The fourth-order valence-corrected chi connectivity index (χ4v) is 4.01. The predicted molar refractivity (Wildman–Crippen MR) is 118 cm³/mol. The van der Waals surface area contributed by atoms with Crippen molar-refractivity contribution in [2.45, 2.75) is 50.0 Å². The van der Waals surface area contributed by atoms with E-state index in [9.17, 15) is 25.1 Å². The molecule has 1 unspecified atom stereocenters. The van der Waals surface area contributed by atoms with E-state index in [0.29, 0.717) is 30.2 Å². The van der Waals surface area contributed by atoms with Gasteiger partial charge >= 0.3 is 0 Å². The molecule has 4 atom stereocenters. The zero-order valence-electron chi connectivity index (χ0n) is 17.7. The monoisotopic (exact) mass is 447 g/mol. The number of aliphatic hydroxyl groups is 3. The third-order valence-electron chi connectivity index (χ3n) is 5.79. The first-order valence-corrected chi connectivity index (χ1v) is 10.7. The number of β-amino-alcohol motifs (C(OH)–C–C–N with tert-alkyl or cyclic N) is 1. The molecule has 1 fully saturated rings. The van der Waals surface area contributed by atoms with Gasteiger partial charge in [0.05, 0.1) is 30.1 Å². The van der Waals surface area contributed by atoms with Gasteiger partial charge in [-0.15, -0.1) is 4.91 Å². The van der Waals surface area contributed by atoms with Crippen LogP contribution in [0.4, 0.5) is 11.4 Å². The second kappa shape index (κ2) is 11.7. The summed E-state index contributed by atoms with van der Waals surface area (Å²) in [5, 5.41) is 42.9. The fourth-order valence-electron chi connectivity index (χ4n) is 4.01. The molecule has 32 heavy (non-hydrogen) atoms. The van der Waals surface area contributed by atoms with E-state index >= 15 is 0 Å². The normalized spacial score (nSPS) is 23.7. The van der Waals surface area contributed by atoms with Gasteiger partial charge in [0.2, 0.25) is 0 Å². The quantitative estimate of drug-likeness (QED) is 0.276. The van der Waals surface area contributed by atoms with E-state index in [1.165, 1.54) is 6.33 Å². The molecule has 0 amide bonds. The molecule has 0 spiro atoms. The van der Waals surface area contributed by atoms with E-state index < -0.39 is 24.3 Å². The summed E-state index contributed by atoms with van der Waals surface area (Å²) in [7, 11) is 0. The van der Waals surface area contributed by atoms with Crippen LogP contribution >= 0.6 is 0 Å². The van der Waals surface area contributed by atoms with Crippen molar-refractivity contribution in [1.82, 2.24) is 19.7 Å². The number of unbranched alkanes of at least 4 members (excludes halogenated alkanes) is 3. The smallest absolute Gasteiger partial charge is 0.146 e. The van der Waals surface area contributed by atoms with Crippen molar-refractivity contribution >= 4 is 11.4 Å². The number of nitrogens with zero attached hydrogens (tertiary/aromatic N) is 6. The van der Waals surface area contributed by atoms with Crippen molar-refractivity contribution in [3.05, 3.63) is 40.7 Å². The minimum Gasteiger partial charge on any atom is -0.395 e. The minimum absolute atomic E-state index is 0.201. The number of rotatable bonds is 12. The lowest BCUT2D eigenvalue weighted by Gasteiger charge is -2.42. The van der Waals surface area contributed by atoms with Gasteiger partial charge in [-0.3, -0.25) is 4.90 Å². The van der Waals surface area contributed by atoms with Gasteiger partial charge in [-0.05, 0) is 42.8 Å². The van der Waals surface area contributed by atoms with Crippen molar-refractivity contribution in [3.8, 4) is 5.69 Å².